The van der Waals surface area contributed by atoms with E-state index in [2.05, 4.69) is 18.0 Å². The van der Waals surface area contributed by atoms with Crippen molar-refractivity contribution in [2.45, 2.75) is 38.8 Å². The summed E-state index contributed by atoms with van der Waals surface area (Å²) in [5.74, 6) is -0.0330. The van der Waals surface area contributed by atoms with E-state index < -0.39 is 0 Å². The highest BCUT2D eigenvalue weighted by Gasteiger charge is 2.47. The highest BCUT2D eigenvalue weighted by atomic mass is 16.2. The predicted octanol–water partition coefficient (Wildman–Crippen LogP) is 2.66. The number of carbonyl (C=O) groups excluding carboxylic acids is 2. The summed E-state index contributed by atoms with van der Waals surface area (Å²) in [7, 11) is 0. The third-order valence-corrected chi connectivity index (χ3v) is 4.77. The summed E-state index contributed by atoms with van der Waals surface area (Å²) in [4.78, 5) is 31.6. The van der Waals surface area contributed by atoms with E-state index in [4.69, 9.17) is 0 Å². The molecule has 3 amide bonds. The van der Waals surface area contributed by atoms with Gasteiger partial charge in [-0.1, -0.05) is 31.5 Å². The molecule has 0 saturated carbocycles. The van der Waals surface area contributed by atoms with E-state index >= 15 is 0 Å². The van der Waals surface area contributed by atoms with Gasteiger partial charge in [-0.25, -0.2) is 4.79 Å². The average molecular weight is 297 g/mol. The van der Waals surface area contributed by atoms with Gasteiger partial charge in [-0.2, -0.15) is 0 Å². The Hall–Kier alpha value is -2.30. The third kappa shape index (κ3) is 1.78. The highest BCUT2D eigenvalue weighted by Crippen LogP contribution is 2.34. The minimum atomic E-state index is -0.323. The lowest BCUT2D eigenvalue weighted by Crippen LogP contribution is -2.39. The number of carbonyl (C=O) groups is 2. The number of hydrogen-bond donors (Lipinski definition) is 1. The molecule has 3 heterocycles. The van der Waals surface area contributed by atoms with Crippen LogP contribution in [0.15, 0.2) is 24.3 Å². The molecular formula is C17H19N3O2. The van der Waals surface area contributed by atoms with Gasteiger partial charge in [0.1, 0.15) is 6.04 Å². The molecule has 1 atom stereocenters. The molecule has 5 heteroatoms. The molecule has 22 heavy (non-hydrogen) atoms. The molecule has 2 aromatic rings. The Labute approximate surface area is 128 Å². The lowest BCUT2D eigenvalue weighted by molar-refractivity contribution is -0.128. The summed E-state index contributed by atoms with van der Waals surface area (Å²) in [6.45, 7) is 3.10. The van der Waals surface area contributed by atoms with Crippen molar-refractivity contribution in [2.75, 3.05) is 6.54 Å². The average Bonchev–Trinajstić information content (AvgIpc) is 3.01. The maximum absolute atomic E-state index is 12.6. The molecule has 0 bridgehead atoms. The predicted molar refractivity (Wildman–Crippen MR) is 83.4 cm³/mol. The quantitative estimate of drug-likeness (QED) is 0.886. The van der Waals surface area contributed by atoms with E-state index in [-0.39, 0.29) is 18.0 Å². The Morgan fingerprint density at radius 2 is 2.09 bits per heavy atom. The Bertz CT molecular complexity index is 764. The van der Waals surface area contributed by atoms with Gasteiger partial charge >= 0.3 is 6.03 Å². The summed E-state index contributed by atoms with van der Waals surface area (Å²) >= 11 is 0. The minimum absolute atomic E-state index is 0.0330. The number of unbranched alkanes of at least 4 members (excludes halogenated alkanes) is 1. The van der Waals surface area contributed by atoms with E-state index in [1.165, 1.54) is 15.8 Å². The summed E-state index contributed by atoms with van der Waals surface area (Å²) in [6.07, 6.45) is 2.46. The fraction of sp³-hybridized carbons (Fsp3) is 0.412. The van der Waals surface area contributed by atoms with Gasteiger partial charge in [0, 0.05) is 29.6 Å². The zero-order chi connectivity index (χ0) is 15.3. The normalized spacial score (nSPS) is 20.7. The maximum atomic E-state index is 12.6. The summed E-state index contributed by atoms with van der Waals surface area (Å²) < 4.78 is 0. The number of rotatable bonds is 3. The zero-order valence-electron chi connectivity index (χ0n) is 12.6. The van der Waals surface area contributed by atoms with Crippen LogP contribution in [0.5, 0.6) is 0 Å². The molecule has 1 N–H and O–H groups in total. The number of H-pyrrole nitrogens is 1. The van der Waals surface area contributed by atoms with Gasteiger partial charge in [-0.15, -0.1) is 0 Å². The second-order valence-electron chi connectivity index (χ2n) is 6.10. The van der Waals surface area contributed by atoms with E-state index in [1.54, 1.807) is 4.90 Å². The summed E-state index contributed by atoms with van der Waals surface area (Å²) in [6, 6.07) is 7.67. The Morgan fingerprint density at radius 3 is 2.91 bits per heavy atom. The molecule has 1 aromatic heterocycles. The third-order valence-electron chi connectivity index (χ3n) is 4.77. The maximum Gasteiger partial charge on any atom is 0.327 e. The monoisotopic (exact) mass is 297 g/mol. The number of aromatic amines is 1. The van der Waals surface area contributed by atoms with Crippen molar-refractivity contribution in [2.24, 2.45) is 0 Å². The van der Waals surface area contributed by atoms with Crippen molar-refractivity contribution in [3.63, 3.8) is 0 Å². The smallest absolute Gasteiger partial charge is 0.327 e. The zero-order valence-corrected chi connectivity index (χ0v) is 12.6. The van der Waals surface area contributed by atoms with Gasteiger partial charge < -0.3 is 9.88 Å². The molecule has 2 aliphatic rings. The first-order valence-corrected chi connectivity index (χ1v) is 7.91. The van der Waals surface area contributed by atoms with Gasteiger partial charge in [0.05, 0.1) is 6.54 Å². The SMILES string of the molecule is CCCCN1C(=O)[C@H]2Cc3c([nH]c4ccccc34)CN2C1=O. The van der Waals surface area contributed by atoms with Crippen LogP contribution >= 0.6 is 0 Å². The molecule has 2 aliphatic heterocycles. The number of urea groups is 1. The van der Waals surface area contributed by atoms with Crippen LogP contribution in [0.3, 0.4) is 0 Å². The number of nitrogens with one attached hydrogen (secondary N) is 1. The fourth-order valence-corrected chi connectivity index (χ4v) is 3.58. The van der Waals surface area contributed by atoms with Gasteiger partial charge in [-0.3, -0.25) is 9.69 Å². The number of amides is 3. The first-order valence-electron chi connectivity index (χ1n) is 7.91. The van der Waals surface area contributed by atoms with Gasteiger partial charge in [0.2, 0.25) is 0 Å². The Kier molecular flexibility index (Phi) is 2.96. The van der Waals surface area contributed by atoms with Crippen LogP contribution in [0.4, 0.5) is 4.79 Å². The fourth-order valence-electron chi connectivity index (χ4n) is 3.58. The number of imide groups is 1. The van der Waals surface area contributed by atoms with Crippen LogP contribution in [0.25, 0.3) is 10.9 Å². The molecule has 4 rings (SSSR count). The van der Waals surface area contributed by atoms with Crippen molar-refractivity contribution in [3.8, 4) is 0 Å². The number of hydrogen-bond acceptors (Lipinski definition) is 2. The molecule has 1 aromatic carbocycles. The van der Waals surface area contributed by atoms with Crippen LogP contribution < -0.4 is 0 Å². The van der Waals surface area contributed by atoms with Crippen molar-refractivity contribution in [1.29, 1.82) is 0 Å². The molecule has 5 nitrogen and oxygen atoms in total. The van der Waals surface area contributed by atoms with Crippen molar-refractivity contribution in [3.05, 3.63) is 35.5 Å². The van der Waals surface area contributed by atoms with Crippen molar-refractivity contribution >= 4 is 22.8 Å². The number of para-hydroxylation sites is 1. The highest BCUT2D eigenvalue weighted by molar-refractivity contribution is 6.05. The second-order valence-corrected chi connectivity index (χ2v) is 6.10. The standard InChI is InChI=1S/C17H19N3O2/c1-2-3-8-19-16(21)15-9-12-11-6-4-5-7-13(11)18-14(12)10-20(15)17(19)22/h4-7,15,18H,2-3,8-10H2,1H3/t15-/m1/s1. The number of aromatic nitrogens is 1. The van der Waals surface area contributed by atoms with Crippen LogP contribution in [-0.4, -0.2) is 39.3 Å². The minimum Gasteiger partial charge on any atom is -0.357 e. The molecule has 0 radical (unpaired) electrons. The number of nitrogens with zero attached hydrogens (tertiary/aromatic N) is 2. The first-order chi connectivity index (χ1) is 10.7. The largest absolute Gasteiger partial charge is 0.357 e. The second kappa shape index (κ2) is 4.87. The lowest BCUT2D eigenvalue weighted by Gasteiger charge is -2.26. The topological polar surface area (TPSA) is 56.4 Å². The molecule has 114 valence electrons. The van der Waals surface area contributed by atoms with Crippen molar-refractivity contribution in [1.82, 2.24) is 14.8 Å². The van der Waals surface area contributed by atoms with Crippen LogP contribution in [0, 0.1) is 0 Å². The number of fused-ring (bicyclic) bond motifs is 4. The van der Waals surface area contributed by atoms with Gasteiger partial charge in [0.15, 0.2) is 0 Å². The van der Waals surface area contributed by atoms with E-state index in [0.29, 0.717) is 19.5 Å². The van der Waals surface area contributed by atoms with Crippen LogP contribution in [0.2, 0.25) is 0 Å². The van der Waals surface area contributed by atoms with Gasteiger partial charge in [0.25, 0.3) is 5.91 Å². The lowest BCUT2D eigenvalue weighted by atomic mass is 9.97. The Balaban J connectivity index is 1.69. The molecule has 0 spiro atoms. The molecule has 0 aliphatic carbocycles. The summed E-state index contributed by atoms with van der Waals surface area (Å²) in [5.41, 5.74) is 3.34. The Morgan fingerprint density at radius 1 is 1.27 bits per heavy atom. The molecule has 0 unspecified atom stereocenters. The summed E-state index contributed by atoms with van der Waals surface area (Å²) in [5, 5.41) is 1.17. The van der Waals surface area contributed by atoms with E-state index in [9.17, 15) is 9.59 Å². The van der Waals surface area contributed by atoms with Gasteiger partial charge in [-0.05, 0) is 18.1 Å². The first kappa shape index (κ1) is 13.4. The van der Waals surface area contributed by atoms with E-state index in [1.807, 2.05) is 18.2 Å². The van der Waals surface area contributed by atoms with Crippen molar-refractivity contribution < 1.29 is 9.59 Å². The number of benzene rings is 1. The van der Waals surface area contributed by atoms with Crippen LogP contribution in [-0.2, 0) is 17.8 Å². The molecule has 1 saturated heterocycles. The molecule has 1 fully saturated rings. The molecular weight excluding hydrogens is 278 g/mol. The van der Waals surface area contributed by atoms with Crippen LogP contribution in [0.1, 0.15) is 31.0 Å². The van der Waals surface area contributed by atoms with E-state index in [0.717, 1.165) is 24.1 Å².